The van der Waals surface area contributed by atoms with Crippen molar-refractivity contribution in [2.24, 2.45) is 0 Å². The molecule has 0 aromatic heterocycles. The fourth-order valence-corrected chi connectivity index (χ4v) is 3.79. The summed E-state index contributed by atoms with van der Waals surface area (Å²) in [6.45, 7) is 3.89. The van der Waals surface area contributed by atoms with Gasteiger partial charge in [0.1, 0.15) is 11.2 Å². The smallest absolute Gasteiger partial charge is 0.245 e. The van der Waals surface area contributed by atoms with Crippen LogP contribution in [0.1, 0.15) is 29.8 Å². The Morgan fingerprint density at radius 2 is 1.76 bits per heavy atom. The van der Waals surface area contributed by atoms with Crippen LogP contribution in [0.5, 0.6) is 5.75 Å². The summed E-state index contributed by atoms with van der Waals surface area (Å²) in [7, 11) is 1.56. The van der Waals surface area contributed by atoms with E-state index in [9.17, 15) is 9.59 Å². The number of ether oxygens (including phenoxy) is 1. The highest BCUT2D eigenvalue weighted by molar-refractivity contribution is 6.41. The summed E-state index contributed by atoms with van der Waals surface area (Å²) in [6, 6.07) is 10.1. The quantitative estimate of drug-likeness (QED) is 0.739. The van der Waals surface area contributed by atoms with E-state index in [0.717, 1.165) is 0 Å². The summed E-state index contributed by atoms with van der Waals surface area (Å²) in [6.07, 6.45) is 0. The Morgan fingerprint density at radius 1 is 1.12 bits per heavy atom. The molecule has 0 saturated carbocycles. The van der Waals surface area contributed by atoms with Crippen LogP contribution in [0.25, 0.3) is 0 Å². The first-order chi connectivity index (χ1) is 11.8. The minimum atomic E-state index is -1.35. The number of fused-ring (bicyclic) bond motifs is 1. The van der Waals surface area contributed by atoms with Crippen molar-refractivity contribution in [3.8, 4) is 5.75 Å². The summed E-state index contributed by atoms with van der Waals surface area (Å²) in [4.78, 5) is 28.1. The second-order valence-electron chi connectivity index (χ2n) is 6.01. The molecule has 0 saturated heterocycles. The van der Waals surface area contributed by atoms with E-state index in [0.29, 0.717) is 34.1 Å². The first kappa shape index (κ1) is 17.8. The third-order valence-electron chi connectivity index (χ3n) is 4.66. The molecule has 4 nitrogen and oxygen atoms in total. The lowest BCUT2D eigenvalue weighted by Crippen LogP contribution is -2.54. The fraction of sp³-hybridized carbons (Fsp3) is 0.263. The zero-order valence-electron chi connectivity index (χ0n) is 14.1. The van der Waals surface area contributed by atoms with Crippen LogP contribution in [0.2, 0.25) is 10.0 Å². The van der Waals surface area contributed by atoms with Gasteiger partial charge in [-0.3, -0.25) is 9.59 Å². The highest BCUT2D eigenvalue weighted by Crippen LogP contribution is 2.44. The van der Waals surface area contributed by atoms with Crippen LogP contribution < -0.4 is 9.64 Å². The van der Waals surface area contributed by atoms with Crippen molar-refractivity contribution in [2.75, 3.05) is 18.6 Å². The van der Waals surface area contributed by atoms with Crippen LogP contribution in [0, 0.1) is 0 Å². The van der Waals surface area contributed by atoms with E-state index in [4.69, 9.17) is 27.9 Å². The number of carbonyl (C=O) groups is 2. The molecule has 3 rings (SSSR count). The van der Waals surface area contributed by atoms with Crippen LogP contribution in [-0.2, 0) is 10.2 Å². The Labute approximate surface area is 156 Å². The number of rotatable bonds is 3. The van der Waals surface area contributed by atoms with Gasteiger partial charge in [-0.1, -0.05) is 35.3 Å². The maximum Gasteiger partial charge on any atom is 0.245 e. The van der Waals surface area contributed by atoms with Gasteiger partial charge in [-0.05, 0) is 43.7 Å². The van der Waals surface area contributed by atoms with Crippen molar-refractivity contribution >= 4 is 40.6 Å². The Hall–Kier alpha value is -2.04. The molecule has 130 valence electrons. The maximum absolute atomic E-state index is 13.3. The van der Waals surface area contributed by atoms with Crippen molar-refractivity contribution in [3.63, 3.8) is 0 Å². The number of nitrogens with zero attached hydrogens (tertiary/aromatic N) is 1. The highest BCUT2D eigenvalue weighted by Gasteiger charge is 2.51. The standard InChI is InChI=1S/C19H17Cl2NO3/c1-4-22-15-10-12(20)9-14(21)16(15)17(23)19(2,18(22)24)11-5-7-13(25-3)8-6-11/h5-10H,4H2,1-3H3. The summed E-state index contributed by atoms with van der Waals surface area (Å²) < 4.78 is 5.16. The normalized spacial score (nSPS) is 19.8. The van der Waals surface area contributed by atoms with Crippen molar-refractivity contribution < 1.29 is 14.3 Å². The van der Waals surface area contributed by atoms with Crippen LogP contribution in [0.3, 0.4) is 0 Å². The molecule has 0 spiro atoms. The van der Waals surface area contributed by atoms with E-state index >= 15 is 0 Å². The number of methoxy groups -OCH3 is 1. The Bertz CT molecular complexity index is 864. The number of halogens is 2. The Balaban J connectivity index is 2.24. The van der Waals surface area contributed by atoms with Gasteiger partial charge in [0.15, 0.2) is 5.78 Å². The molecule has 25 heavy (non-hydrogen) atoms. The molecule has 1 amide bonds. The summed E-state index contributed by atoms with van der Waals surface area (Å²) in [5.74, 6) is 0.0284. The molecular weight excluding hydrogens is 361 g/mol. The second kappa shape index (κ2) is 6.36. The minimum absolute atomic E-state index is 0.248. The number of carbonyl (C=O) groups excluding carboxylic acids is 2. The van der Waals surface area contributed by atoms with Gasteiger partial charge in [0.25, 0.3) is 0 Å². The molecular formula is C19H17Cl2NO3. The first-order valence-corrected chi connectivity index (χ1v) is 8.60. The van der Waals surface area contributed by atoms with Gasteiger partial charge in [0.2, 0.25) is 5.91 Å². The summed E-state index contributed by atoms with van der Waals surface area (Å²) in [5, 5.41) is 0.633. The lowest BCUT2D eigenvalue weighted by atomic mass is 9.72. The fourth-order valence-electron chi connectivity index (χ4n) is 3.22. The molecule has 1 aliphatic rings. The van der Waals surface area contributed by atoms with Gasteiger partial charge in [0, 0.05) is 11.6 Å². The molecule has 1 aliphatic heterocycles. The predicted molar refractivity (Wildman–Crippen MR) is 99.2 cm³/mol. The van der Waals surface area contributed by atoms with E-state index in [1.165, 1.54) is 6.07 Å². The average Bonchev–Trinajstić information content (AvgIpc) is 2.59. The van der Waals surface area contributed by atoms with Crippen molar-refractivity contribution in [1.82, 2.24) is 0 Å². The van der Waals surface area contributed by atoms with E-state index < -0.39 is 5.41 Å². The van der Waals surface area contributed by atoms with Crippen molar-refractivity contribution in [2.45, 2.75) is 19.3 Å². The van der Waals surface area contributed by atoms with E-state index in [1.54, 1.807) is 49.3 Å². The molecule has 2 aromatic rings. The number of Topliss-reactive ketones (excluding diaryl/α,β-unsaturated/α-hetero) is 1. The summed E-state index contributed by atoms with van der Waals surface area (Å²) >= 11 is 12.4. The van der Waals surface area contributed by atoms with Crippen LogP contribution in [0.4, 0.5) is 5.69 Å². The SMILES string of the molecule is CCN1C(=O)C(C)(c2ccc(OC)cc2)C(=O)c2c(Cl)cc(Cl)cc21. The zero-order chi connectivity index (χ0) is 18.4. The number of hydrogen-bond acceptors (Lipinski definition) is 3. The molecule has 1 atom stereocenters. The van der Waals surface area contributed by atoms with Gasteiger partial charge >= 0.3 is 0 Å². The average molecular weight is 378 g/mol. The summed E-state index contributed by atoms with van der Waals surface area (Å²) in [5.41, 5.74) is 0.0254. The topological polar surface area (TPSA) is 46.6 Å². The number of amides is 1. The zero-order valence-corrected chi connectivity index (χ0v) is 15.6. The van der Waals surface area contributed by atoms with E-state index in [-0.39, 0.29) is 16.7 Å². The molecule has 0 bridgehead atoms. The third kappa shape index (κ3) is 2.60. The largest absolute Gasteiger partial charge is 0.497 e. The predicted octanol–water partition coefficient (Wildman–Crippen LogP) is 4.51. The molecule has 0 fully saturated rings. The number of benzene rings is 2. The van der Waals surface area contributed by atoms with Gasteiger partial charge in [-0.25, -0.2) is 0 Å². The van der Waals surface area contributed by atoms with Gasteiger partial charge in [-0.2, -0.15) is 0 Å². The van der Waals surface area contributed by atoms with Gasteiger partial charge in [0.05, 0.1) is 23.4 Å². The van der Waals surface area contributed by atoms with Crippen LogP contribution in [-0.4, -0.2) is 25.3 Å². The molecule has 0 N–H and O–H groups in total. The number of anilines is 1. The van der Waals surface area contributed by atoms with Crippen molar-refractivity contribution in [3.05, 3.63) is 57.6 Å². The monoisotopic (exact) mass is 377 g/mol. The molecule has 0 aliphatic carbocycles. The lowest BCUT2D eigenvalue weighted by Gasteiger charge is -2.39. The van der Waals surface area contributed by atoms with Crippen LogP contribution in [0.15, 0.2) is 36.4 Å². The first-order valence-electron chi connectivity index (χ1n) is 7.85. The van der Waals surface area contributed by atoms with Gasteiger partial charge < -0.3 is 9.64 Å². The number of hydrogen-bond donors (Lipinski definition) is 0. The molecule has 1 unspecified atom stereocenters. The molecule has 1 heterocycles. The van der Waals surface area contributed by atoms with E-state index in [1.807, 2.05) is 6.92 Å². The Morgan fingerprint density at radius 3 is 2.32 bits per heavy atom. The minimum Gasteiger partial charge on any atom is -0.497 e. The highest BCUT2D eigenvalue weighted by atomic mass is 35.5. The Kier molecular flexibility index (Phi) is 4.52. The van der Waals surface area contributed by atoms with Crippen LogP contribution >= 0.6 is 23.2 Å². The third-order valence-corrected chi connectivity index (χ3v) is 5.18. The number of ketones is 1. The number of likely N-dealkylation sites (N-methyl/N-ethyl adjacent to an activating group) is 1. The van der Waals surface area contributed by atoms with Crippen molar-refractivity contribution in [1.29, 1.82) is 0 Å². The molecule has 2 aromatic carbocycles. The molecule has 0 radical (unpaired) electrons. The molecule has 6 heteroatoms. The second-order valence-corrected chi connectivity index (χ2v) is 6.86. The maximum atomic E-state index is 13.3. The van der Waals surface area contributed by atoms with E-state index in [2.05, 4.69) is 0 Å². The van der Waals surface area contributed by atoms with Gasteiger partial charge in [-0.15, -0.1) is 0 Å². The lowest BCUT2D eigenvalue weighted by molar-refractivity contribution is -0.122.